The summed E-state index contributed by atoms with van der Waals surface area (Å²) in [5.74, 6) is 0.552. The number of phenolic OH excluding ortho intramolecular Hbond substituents is 1. The van der Waals surface area contributed by atoms with Crippen LogP contribution in [0.15, 0.2) is 130 Å². The molecule has 11 atom stereocenters. The summed E-state index contributed by atoms with van der Waals surface area (Å²) >= 11 is 0. The number of hydrogen-bond donors (Lipinski definition) is 11. The van der Waals surface area contributed by atoms with E-state index < -0.39 is 70.6 Å². The largest absolute Gasteiger partial charge is 0.508 e. The van der Waals surface area contributed by atoms with Gasteiger partial charge in [-0.2, -0.15) is 4.99 Å². The fraction of sp³-hybridized carbons (Fsp3) is 0.476. The maximum Gasteiger partial charge on any atom is 0.243 e. The molecule has 3 aromatic carbocycles. The standard InChI is InChI=1S/C63H80N6O8/c1-38(2)11-6-12-39(3)13-7-17-45(36-70)49-26-29-63(57(49)74)52-24-23-47(72)32-41-14-8-15-42(31-41)33-53-51(43-19-21-46(71)22-20-43)35-67-60(65)66-30-10-27-62(53,77)37-68-56-55-44(16-9-18-50(55)58(64)69-59(56)75)34-54(73)40(4)48(52)25-28-61(63,5)76/h7-9,11,13-22,31,47,49,51-53,56-58,68,70-72,74,76-77H,3,6,12,23-29,32-37,64H2,1-2,4-5H3,(H,69,75)(H3,65,66,67)/b13-7+,45-17-,48-40+/t47-,49-,51-,52-,53-,56-,57-,58-,61-,62+,63-/m1/s1. The average Bonchev–Trinajstić information content (AvgIpc) is 4.04. The van der Waals surface area contributed by atoms with E-state index in [9.17, 15) is 35.4 Å². The van der Waals surface area contributed by atoms with Gasteiger partial charge in [0.15, 0.2) is 5.78 Å². The number of phenols is 1. The van der Waals surface area contributed by atoms with Crippen LogP contribution in [-0.4, -0.2) is 91.4 Å². The summed E-state index contributed by atoms with van der Waals surface area (Å²) in [5.41, 5.74) is 17.2. The normalized spacial score (nSPS) is 32.3. The number of fused-ring (bicyclic) bond motifs is 5. The van der Waals surface area contributed by atoms with Crippen LogP contribution >= 0.6 is 0 Å². The molecular weight excluding hydrogens is 969 g/mol. The number of nitrogens with zero attached hydrogens (tertiary/aromatic N) is 1. The molecule has 0 saturated heterocycles. The van der Waals surface area contributed by atoms with Crippen LogP contribution in [0.2, 0.25) is 0 Å². The van der Waals surface area contributed by atoms with Gasteiger partial charge in [0.1, 0.15) is 18.0 Å². The number of carbonyl (C=O) groups is 2. The fourth-order valence-corrected chi connectivity index (χ4v) is 13.5. The Balaban J connectivity index is 1.22. The van der Waals surface area contributed by atoms with E-state index in [2.05, 4.69) is 59.4 Å². The number of carbonyl (C=O) groups excluding carboxylic acids is 2. The molecule has 2 saturated carbocycles. The number of nitrogens with one attached hydrogen (secondary N) is 3. The number of aliphatic hydroxyl groups excluding tert-OH is 3. The summed E-state index contributed by atoms with van der Waals surface area (Å²) in [6, 6.07) is 22.0. The number of rotatable bonds is 8. The minimum Gasteiger partial charge on any atom is -0.508 e. The number of aliphatic hydroxyl groups is 5. The third kappa shape index (κ3) is 12.4. The number of hydrogen-bond acceptors (Lipinski definition) is 13. The first-order chi connectivity index (χ1) is 36.7. The van der Waals surface area contributed by atoms with Gasteiger partial charge in [0, 0.05) is 55.1 Å². The molecular formula is C63H80N6O8. The van der Waals surface area contributed by atoms with Crippen molar-refractivity contribution in [3.63, 3.8) is 0 Å². The number of aromatic hydroxyl groups is 1. The minimum absolute atomic E-state index is 0.0605. The van der Waals surface area contributed by atoms with Gasteiger partial charge in [0.05, 0.1) is 30.0 Å². The second kappa shape index (κ2) is 24.3. The Morgan fingerprint density at radius 3 is 2.47 bits per heavy atom. The molecule has 77 heavy (non-hydrogen) atoms. The first kappa shape index (κ1) is 57.0. The third-order valence-corrected chi connectivity index (χ3v) is 17.7. The molecule has 3 heterocycles. The summed E-state index contributed by atoms with van der Waals surface area (Å²) in [6.45, 7) is 11.8. The van der Waals surface area contributed by atoms with Crippen molar-refractivity contribution in [2.45, 2.75) is 146 Å². The number of amides is 1. The maximum atomic E-state index is 15.1. The second-order valence-corrected chi connectivity index (χ2v) is 22.9. The molecule has 0 radical (unpaired) electrons. The number of β-amino-alcohol motifs (C(OH)–C–C–N with tert-alkyl or cyclic N) is 1. The van der Waals surface area contributed by atoms with E-state index in [0.29, 0.717) is 66.4 Å². The zero-order valence-electron chi connectivity index (χ0n) is 45.2. The summed E-state index contributed by atoms with van der Waals surface area (Å²) in [5, 5.41) is 81.9. The van der Waals surface area contributed by atoms with Crippen LogP contribution in [0, 0.1) is 35.1 Å². The Morgan fingerprint density at radius 2 is 1.73 bits per heavy atom. The molecule has 8 rings (SSSR count). The number of guanidine groups is 1. The molecule has 2 bridgehead atoms. The number of ketones is 1. The molecule has 1 amide bonds. The van der Waals surface area contributed by atoms with Crippen molar-refractivity contribution in [3.8, 4) is 17.7 Å². The van der Waals surface area contributed by atoms with Gasteiger partial charge in [-0.15, -0.1) is 0 Å². The van der Waals surface area contributed by atoms with Gasteiger partial charge in [-0.25, -0.2) is 0 Å². The van der Waals surface area contributed by atoms with Crippen molar-refractivity contribution in [2.24, 2.45) is 39.6 Å². The van der Waals surface area contributed by atoms with Gasteiger partial charge in [0.25, 0.3) is 0 Å². The van der Waals surface area contributed by atoms with Crippen LogP contribution in [0.5, 0.6) is 5.75 Å². The number of Topliss-reactive ketones (excluding diaryl/α,β-unsaturated/α-hetero) is 1. The van der Waals surface area contributed by atoms with E-state index in [-0.39, 0.29) is 62.9 Å². The lowest BCUT2D eigenvalue weighted by Gasteiger charge is -2.56. The number of benzene rings is 3. The van der Waals surface area contributed by atoms with Gasteiger partial charge in [-0.1, -0.05) is 108 Å². The Kier molecular flexibility index (Phi) is 18.0. The van der Waals surface area contributed by atoms with E-state index >= 15 is 4.79 Å². The molecule has 410 valence electrons. The Bertz CT molecular complexity index is 2910. The lowest BCUT2D eigenvalue weighted by Crippen LogP contribution is -2.59. The quantitative estimate of drug-likeness (QED) is 0.0651. The lowest BCUT2D eigenvalue weighted by atomic mass is 9.52. The van der Waals surface area contributed by atoms with E-state index in [4.69, 9.17) is 11.5 Å². The summed E-state index contributed by atoms with van der Waals surface area (Å²) in [6.07, 6.45) is 9.34. The lowest BCUT2D eigenvalue weighted by molar-refractivity contribution is -0.168. The summed E-state index contributed by atoms with van der Waals surface area (Å²) in [4.78, 5) is 33.7. The van der Waals surface area contributed by atoms with Crippen LogP contribution in [0.1, 0.15) is 137 Å². The highest BCUT2D eigenvalue weighted by atomic mass is 16.3. The van der Waals surface area contributed by atoms with Crippen LogP contribution in [0.3, 0.4) is 0 Å². The smallest absolute Gasteiger partial charge is 0.243 e. The molecule has 13 N–H and O–H groups in total. The van der Waals surface area contributed by atoms with Crippen LogP contribution < -0.4 is 27.4 Å². The van der Waals surface area contributed by atoms with Crippen molar-refractivity contribution < 1.29 is 40.2 Å². The second-order valence-electron chi connectivity index (χ2n) is 22.9. The van der Waals surface area contributed by atoms with Crippen LogP contribution in [0.25, 0.3) is 0 Å². The average molecular weight is 1050 g/mol. The summed E-state index contributed by atoms with van der Waals surface area (Å²) in [7, 11) is 0. The van der Waals surface area contributed by atoms with E-state index in [1.54, 1.807) is 19.1 Å². The van der Waals surface area contributed by atoms with Crippen molar-refractivity contribution in [2.75, 3.05) is 19.7 Å². The van der Waals surface area contributed by atoms with Crippen molar-refractivity contribution in [3.05, 3.63) is 159 Å². The third-order valence-electron chi connectivity index (χ3n) is 17.7. The highest BCUT2D eigenvalue weighted by Crippen LogP contribution is 2.63. The Hall–Kier alpha value is -6.15. The molecule has 14 heteroatoms. The van der Waals surface area contributed by atoms with Crippen molar-refractivity contribution in [1.29, 1.82) is 0 Å². The molecule has 3 aromatic rings. The molecule has 0 aromatic heterocycles. The predicted octanol–water partition coefficient (Wildman–Crippen LogP) is 6.57. The maximum absolute atomic E-state index is 15.1. The molecule has 14 nitrogen and oxygen atoms in total. The molecule has 1 spiro atoms. The fourth-order valence-electron chi connectivity index (χ4n) is 13.5. The zero-order valence-corrected chi connectivity index (χ0v) is 45.2. The van der Waals surface area contributed by atoms with E-state index in [1.165, 1.54) is 5.57 Å². The van der Waals surface area contributed by atoms with Gasteiger partial charge in [0.2, 0.25) is 11.9 Å². The van der Waals surface area contributed by atoms with E-state index in [0.717, 1.165) is 40.7 Å². The van der Waals surface area contributed by atoms with Crippen LogP contribution in [0.4, 0.5) is 0 Å². The van der Waals surface area contributed by atoms with Gasteiger partial charge >= 0.3 is 0 Å². The number of nitrogens with two attached hydrogens (primary N) is 2. The van der Waals surface area contributed by atoms with Gasteiger partial charge in [-0.05, 0) is 154 Å². The number of aliphatic imine (C=N–C) groups is 1. The number of allylic oxidation sites excluding steroid dienone is 8. The molecule has 3 aliphatic heterocycles. The first-order valence-corrected chi connectivity index (χ1v) is 27.4. The molecule has 2 aliphatic carbocycles. The zero-order chi connectivity index (χ0) is 55.2. The molecule has 2 fully saturated rings. The topological polar surface area (TPSA) is 256 Å². The van der Waals surface area contributed by atoms with Gasteiger partial charge < -0.3 is 52.7 Å². The molecule has 5 aliphatic rings. The predicted molar refractivity (Wildman–Crippen MR) is 301 cm³/mol. The monoisotopic (exact) mass is 1050 g/mol. The molecule has 0 unspecified atom stereocenters. The highest BCUT2D eigenvalue weighted by Gasteiger charge is 2.64. The van der Waals surface area contributed by atoms with E-state index in [1.807, 2.05) is 79.7 Å². The Labute approximate surface area is 454 Å². The van der Waals surface area contributed by atoms with Crippen molar-refractivity contribution in [1.82, 2.24) is 16.0 Å². The summed E-state index contributed by atoms with van der Waals surface area (Å²) < 4.78 is 0. The Morgan fingerprint density at radius 1 is 0.987 bits per heavy atom. The first-order valence-electron chi connectivity index (χ1n) is 27.4. The SMILES string of the molecule is C=C(/C=C/C=C(/CO)[C@H]1CC[C@@]2([C@@H]3CC[C@@H](O)Cc4cccc(c4)C[C@@H]4[C@@H](c5ccc(O)cc5)CNC(N)=NC#CC[C@]4(O)CN[C@H]4C(=O)N[C@@H](N)c5cccc(c54)CC(=O)/C(C)=C/3CC[C@@]2(C)O)[C@@H]1O)CCC=C(C)C. The highest BCUT2D eigenvalue weighted by molar-refractivity contribution is 5.98. The van der Waals surface area contributed by atoms with Crippen LogP contribution in [-0.2, 0) is 28.9 Å². The van der Waals surface area contributed by atoms with Gasteiger partial charge in [-0.3, -0.25) is 14.9 Å². The van der Waals surface area contributed by atoms with Crippen molar-refractivity contribution >= 4 is 17.6 Å². The minimum atomic E-state index is -1.64.